The first-order valence-electron chi connectivity index (χ1n) is 17.3. The summed E-state index contributed by atoms with van der Waals surface area (Å²) in [5.41, 5.74) is 10.3. The Morgan fingerprint density at radius 2 is 1.11 bits per heavy atom. The molecule has 7 aromatic rings. The van der Waals surface area contributed by atoms with Crippen molar-refractivity contribution in [3.8, 4) is 39.9 Å². The van der Waals surface area contributed by atoms with Gasteiger partial charge in [0, 0.05) is 32.9 Å². The van der Waals surface area contributed by atoms with Gasteiger partial charge in [0.25, 0.3) is 0 Å². The van der Waals surface area contributed by atoms with Crippen LogP contribution in [0, 0.1) is 23.7 Å². The van der Waals surface area contributed by atoms with Crippen molar-refractivity contribution in [1.82, 2.24) is 19.5 Å². The van der Waals surface area contributed by atoms with Crippen LogP contribution in [0.4, 0.5) is 0 Å². The Bertz CT molecular complexity index is 2290. The Kier molecular flexibility index (Phi) is 5.25. The molecule has 4 saturated carbocycles. The lowest BCUT2D eigenvalue weighted by Crippen LogP contribution is -2.55. The predicted octanol–water partition coefficient (Wildman–Crippen LogP) is 10.0. The minimum atomic E-state index is 0.0956. The number of fused-ring (bicyclic) bond motifs is 7. The molecule has 0 atom stereocenters. The zero-order chi connectivity index (χ0) is 30.7. The van der Waals surface area contributed by atoms with Crippen LogP contribution in [0.25, 0.3) is 61.7 Å². The summed E-state index contributed by atoms with van der Waals surface area (Å²) in [7, 11) is 0. The fraction of sp³-hybridized carbons (Fsp3) is 0.233. The largest absolute Gasteiger partial charge is 0.277 e. The Hall–Kier alpha value is -5.09. The molecule has 1 spiro atoms. The molecule has 4 heteroatoms. The van der Waals surface area contributed by atoms with Gasteiger partial charge in [-0.05, 0) is 78.5 Å². The predicted molar refractivity (Wildman–Crippen MR) is 188 cm³/mol. The van der Waals surface area contributed by atoms with E-state index in [2.05, 4.69) is 114 Å². The van der Waals surface area contributed by atoms with Gasteiger partial charge in [-0.15, -0.1) is 0 Å². The number of hydrogen-bond acceptors (Lipinski definition) is 3. The number of nitrogens with zero attached hydrogens (tertiary/aromatic N) is 4. The average molecular weight is 607 g/mol. The molecule has 0 unspecified atom stereocenters. The molecular weight excluding hydrogens is 573 g/mol. The van der Waals surface area contributed by atoms with Crippen molar-refractivity contribution >= 4 is 21.8 Å². The van der Waals surface area contributed by atoms with E-state index in [1.54, 1.807) is 11.1 Å². The van der Waals surface area contributed by atoms with E-state index < -0.39 is 0 Å². The maximum Gasteiger partial charge on any atom is 0.238 e. The Morgan fingerprint density at radius 1 is 0.511 bits per heavy atom. The lowest BCUT2D eigenvalue weighted by atomic mass is 9.43. The summed E-state index contributed by atoms with van der Waals surface area (Å²) in [4.78, 5) is 15.6. The quantitative estimate of drug-likeness (QED) is 0.201. The molecule has 0 amide bonds. The molecule has 5 aromatic carbocycles. The molecule has 5 aliphatic carbocycles. The molecule has 0 aliphatic heterocycles. The van der Waals surface area contributed by atoms with Gasteiger partial charge in [-0.3, -0.25) is 4.57 Å². The fourth-order valence-corrected chi connectivity index (χ4v) is 10.8. The van der Waals surface area contributed by atoms with Crippen molar-refractivity contribution < 1.29 is 0 Å². The molecule has 226 valence electrons. The van der Waals surface area contributed by atoms with Crippen LogP contribution >= 0.6 is 0 Å². The maximum absolute atomic E-state index is 5.27. The maximum atomic E-state index is 5.27. The van der Waals surface area contributed by atoms with Gasteiger partial charge in [0.1, 0.15) is 0 Å². The van der Waals surface area contributed by atoms with Gasteiger partial charge in [0.05, 0.1) is 11.0 Å². The second-order valence-electron chi connectivity index (χ2n) is 14.5. The highest BCUT2D eigenvalue weighted by molar-refractivity contribution is 6.15. The van der Waals surface area contributed by atoms with Gasteiger partial charge < -0.3 is 0 Å². The van der Waals surface area contributed by atoms with Gasteiger partial charge >= 0.3 is 0 Å². The summed E-state index contributed by atoms with van der Waals surface area (Å²) in [6.45, 7) is 0. The Labute approximate surface area is 274 Å². The van der Waals surface area contributed by atoms with E-state index in [-0.39, 0.29) is 5.41 Å². The van der Waals surface area contributed by atoms with E-state index in [1.807, 2.05) is 12.1 Å². The van der Waals surface area contributed by atoms with Crippen molar-refractivity contribution in [2.75, 3.05) is 0 Å². The Balaban J connectivity index is 1.26. The first-order valence-corrected chi connectivity index (χ1v) is 17.3. The molecule has 4 nitrogen and oxygen atoms in total. The van der Waals surface area contributed by atoms with E-state index in [9.17, 15) is 0 Å². The fourth-order valence-electron chi connectivity index (χ4n) is 10.8. The van der Waals surface area contributed by atoms with Crippen LogP contribution < -0.4 is 0 Å². The topological polar surface area (TPSA) is 43.6 Å². The molecule has 2 aromatic heterocycles. The number of rotatable bonds is 3. The lowest BCUT2D eigenvalue weighted by molar-refractivity contribution is -0.0399. The van der Waals surface area contributed by atoms with Crippen LogP contribution in [-0.4, -0.2) is 19.5 Å². The summed E-state index contributed by atoms with van der Waals surface area (Å²) in [5.74, 6) is 5.28. The van der Waals surface area contributed by atoms with Gasteiger partial charge in [-0.2, -0.15) is 9.97 Å². The summed E-state index contributed by atoms with van der Waals surface area (Å²) in [6, 6.07) is 43.8. The smallest absolute Gasteiger partial charge is 0.238 e. The summed E-state index contributed by atoms with van der Waals surface area (Å²) in [5, 5.41) is 2.50. The van der Waals surface area contributed by atoms with E-state index in [0.717, 1.165) is 28.5 Å². The molecule has 47 heavy (non-hydrogen) atoms. The van der Waals surface area contributed by atoms with Gasteiger partial charge in [0.15, 0.2) is 11.6 Å². The number of aromatic nitrogens is 4. The van der Waals surface area contributed by atoms with Crippen molar-refractivity contribution in [3.05, 3.63) is 132 Å². The second kappa shape index (κ2) is 9.48. The monoisotopic (exact) mass is 606 g/mol. The third-order valence-electron chi connectivity index (χ3n) is 12.2. The Morgan fingerprint density at radius 3 is 1.79 bits per heavy atom. The lowest BCUT2D eigenvalue weighted by Gasteiger charge is -2.61. The average Bonchev–Trinajstić information content (AvgIpc) is 3.62. The van der Waals surface area contributed by atoms with E-state index in [4.69, 9.17) is 15.0 Å². The van der Waals surface area contributed by atoms with Crippen LogP contribution in [0.2, 0.25) is 0 Å². The van der Waals surface area contributed by atoms with E-state index >= 15 is 0 Å². The zero-order valence-electron chi connectivity index (χ0n) is 26.2. The third kappa shape index (κ3) is 3.45. The number of benzene rings is 5. The minimum absolute atomic E-state index is 0.0956. The molecule has 2 heterocycles. The van der Waals surface area contributed by atoms with Crippen molar-refractivity contribution in [2.45, 2.75) is 37.5 Å². The van der Waals surface area contributed by atoms with Gasteiger partial charge in [-0.1, -0.05) is 115 Å². The van der Waals surface area contributed by atoms with Crippen molar-refractivity contribution in [3.63, 3.8) is 0 Å². The standard InChI is InChI=1S/C43H34N4/c1-3-11-28(12-4-1)40-44-41(29-13-5-2-6-14-29)46-42(45-40)47-37-18-10-8-15-32(37)33-19-20-36-38(39(33)47)34-16-7-9-17-35(34)43(36)30-22-26-21-27(24-30)25-31(43)23-26/h1-20,26-27,30-31H,21-25H2. The molecular formula is C43H34N4. The molecule has 5 aliphatic rings. The van der Waals surface area contributed by atoms with Crippen molar-refractivity contribution in [1.29, 1.82) is 0 Å². The van der Waals surface area contributed by atoms with E-state index in [0.29, 0.717) is 29.4 Å². The highest BCUT2D eigenvalue weighted by Gasteiger charge is 2.61. The highest BCUT2D eigenvalue weighted by Crippen LogP contribution is 2.70. The van der Waals surface area contributed by atoms with E-state index in [1.165, 1.54) is 59.5 Å². The highest BCUT2D eigenvalue weighted by atomic mass is 15.2. The van der Waals surface area contributed by atoms with Crippen molar-refractivity contribution in [2.24, 2.45) is 23.7 Å². The molecule has 0 N–H and O–H groups in total. The summed E-state index contributed by atoms with van der Waals surface area (Å²) < 4.78 is 2.36. The van der Waals surface area contributed by atoms with Gasteiger partial charge in [-0.25, -0.2) is 4.98 Å². The molecule has 4 bridgehead atoms. The number of para-hydroxylation sites is 1. The summed E-state index contributed by atoms with van der Waals surface area (Å²) >= 11 is 0. The normalized spacial score (nSPS) is 25.1. The van der Waals surface area contributed by atoms with Crippen LogP contribution in [0.1, 0.15) is 43.2 Å². The first-order chi connectivity index (χ1) is 23.3. The third-order valence-corrected chi connectivity index (χ3v) is 12.2. The SMILES string of the molecule is c1ccc(-c2nc(-c3ccccc3)nc(-n3c4ccccc4c4ccc5c(c43)-c3ccccc3C53C4CC5CC(C4)CC3C5)n2)cc1. The zero-order valence-corrected chi connectivity index (χ0v) is 26.2. The molecule has 0 saturated heterocycles. The molecule has 0 radical (unpaired) electrons. The number of hydrogen-bond donors (Lipinski definition) is 0. The molecule has 12 rings (SSSR count). The van der Waals surface area contributed by atoms with Gasteiger partial charge in [0.2, 0.25) is 5.95 Å². The molecule has 4 fully saturated rings. The first kappa shape index (κ1) is 26.0. The van der Waals surface area contributed by atoms with Crippen LogP contribution in [0.15, 0.2) is 121 Å². The summed E-state index contributed by atoms with van der Waals surface area (Å²) in [6.07, 6.45) is 6.94. The van der Waals surface area contributed by atoms with Crippen LogP contribution in [0.3, 0.4) is 0 Å². The minimum Gasteiger partial charge on any atom is -0.277 e. The van der Waals surface area contributed by atoms with Crippen LogP contribution in [0.5, 0.6) is 0 Å². The van der Waals surface area contributed by atoms with Crippen LogP contribution in [-0.2, 0) is 5.41 Å². The second-order valence-corrected chi connectivity index (χ2v) is 14.5.